The Morgan fingerprint density at radius 1 is 0.865 bits per heavy atom. The van der Waals surface area contributed by atoms with Crippen molar-refractivity contribution in [3.8, 4) is 5.69 Å². The summed E-state index contributed by atoms with van der Waals surface area (Å²) in [5.74, 6) is -1.25. The minimum Gasteiger partial charge on any atom is -0.296 e. The van der Waals surface area contributed by atoms with Crippen molar-refractivity contribution >= 4 is 28.4 Å². The molecule has 3 aromatic carbocycles. The van der Waals surface area contributed by atoms with Gasteiger partial charge in [-0.1, -0.05) is 62.4 Å². The Morgan fingerprint density at radius 2 is 1.54 bits per heavy atom. The Hall–Kier alpha value is -4.10. The minimum atomic E-state index is -1.11. The van der Waals surface area contributed by atoms with Crippen molar-refractivity contribution in [2.75, 3.05) is 4.90 Å². The zero-order valence-corrected chi connectivity index (χ0v) is 20.8. The van der Waals surface area contributed by atoms with E-state index in [0.717, 1.165) is 11.1 Å². The average Bonchev–Trinajstić information content (AvgIpc) is 3.49. The number of rotatable bonds is 2. The standard InChI is InChI=1S/C30H26N4O3/c1-16(2)25-23-24(28(37)33(27(23)36)21-14-8-4-10-17(21)3)30(32-25)19-12-6-9-15-22(19)34-26(35)18-11-5-7-13-20(18)31-29(30)34/h4-16,23-25,32H,1-3H3/t23-,24-,25-,30+/m1/s1. The van der Waals surface area contributed by atoms with Crippen molar-refractivity contribution in [1.82, 2.24) is 14.9 Å². The maximum atomic E-state index is 14.4. The molecule has 1 N–H and O–H groups in total. The highest BCUT2D eigenvalue weighted by molar-refractivity contribution is 6.23. The van der Waals surface area contributed by atoms with Gasteiger partial charge in [0.15, 0.2) is 0 Å². The number of carbonyl (C=O) groups excluding carboxylic acids is 2. The Morgan fingerprint density at radius 3 is 2.30 bits per heavy atom. The lowest BCUT2D eigenvalue weighted by Crippen LogP contribution is -2.51. The number of aryl methyl sites for hydroxylation is 1. The lowest BCUT2D eigenvalue weighted by Gasteiger charge is -2.32. The van der Waals surface area contributed by atoms with E-state index in [-0.39, 0.29) is 29.3 Å². The van der Waals surface area contributed by atoms with E-state index >= 15 is 0 Å². The number of fused-ring (bicyclic) bond motifs is 8. The lowest BCUT2D eigenvalue weighted by molar-refractivity contribution is -0.123. The second-order valence-electron chi connectivity index (χ2n) is 10.6. The van der Waals surface area contributed by atoms with Crippen molar-refractivity contribution in [2.24, 2.45) is 17.8 Å². The molecule has 184 valence electrons. The summed E-state index contributed by atoms with van der Waals surface area (Å²) in [4.78, 5) is 48.7. The van der Waals surface area contributed by atoms with E-state index in [1.54, 1.807) is 10.6 Å². The largest absolute Gasteiger partial charge is 0.296 e. The number of para-hydroxylation sites is 3. The number of amides is 2. The molecule has 2 fully saturated rings. The third kappa shape index (κ3) is 2.64. The van der Waals surface area contributed by atoms with E-state index in [4.69, 9.17) is 4.98 Å². The molecule has 0 unspecified atom stereocenters. The molecule has 7 rings (SSSR count). The molecule has 4 aromatic rings. The Balaban J connectivity index is 1.55. The van der Waals surface area contributed by atoms with Gasteiger partial charge in [-0.2, -0.15) is 0 Å². The first-order valence-corrected chi connectivity index (χ1v) is 12.7. The van der Waals surface area contributed by atoms with Gasteiger partial charge in [-0.25, -0.2) is 9.88 Å². The lowest BCUT2D eigenvalue weighted by atomic mass is 9.75. The molecule has 4 heterocycles. The molecule has 0 aliphatic carbocycles. The summed E-state index contributed by atoms with van der Waals surface area (Å²) < 4.78 is 1.64. The van der Waals surface area contributed by atoms with Gasteiger partial charge in [0.25, 0.3) is 5.56 Å². The van der Waals surface area contributed by atoms with E-state index < -0.39 is 17.4 Å². The van der Waals surface area contributed by atoms with Crippen LogP contribution in [0.1, 0.15) is 30.8 Å². The van der Waals surface area contributed by atoms with E-state index in [2.05, 4.69) is 19.2 Å². The number of imide groups is 1. The van der Waals surface area contributed by atoms with Crippen LogP contribution in [-0.2, 0) is 15.1 Å². The van der Waals surface area contributed by atoms with Crippen LogP contribution in [0, 0.1) is 24.7 Å². The summed E-state index contributed by atoms with van der Waals surface area (Å²) in [6, 6.07) is 22.1. The highest BCUT2D eigenvalue weighted by atomic mass is 16.2. The van der Waals surface area contributed by atoms with Crippen molar-refractivity contribution in [3.63, 3.8) is 0 Å². The first-order valence-electron chi connectivity index (χ1n) is 12.7. The number of hydrogen-bond donors (Lipinski definition) is 1. The number of hydrogen-bond acceptors (Lipinski definition) is 5. The van der Waals surface area contributed by atoms with Gasteiger partial charge >= 0.3 is 0 Å². The van der Waals surface area contributed by atoms with Gasteiger partial charge in [-0.05, 0) is 42.7 Å². The normalized spacial score (nSPS) is 25.8. The fraction of sp³-hybridized carbons (Fsp3) is 0.267. The van der Waals surface area contributed by atoms with Crippen molar-refractivity contribution < 1.29 is 9.59 Å². The molecular formula is C30H26N4O3. The van der Waals surface area contributed by atoms with Gasteiger partial charge in [-0.15, -0.1) is 0 Å². The fourth-order valence-corrected chi connectivity index (χ4v) is 6.78. The molecule has 2 amide bonds. The van der Waals surface area contributed by atoms with Crippen LogP contribution >= 0.6 is 0 Å². The Labute approximate surface area is 213 Å². The summed E-state index contributed by atoms with van der Waals surface area (Å²) in [6.07, 6.45) is 0. The molecule has 1 aromatic heterocycles. The number of nitrogens with one attached hydrogen (secondary N) is 1. The van der Waals surface area contributed by atoms with E-state index in [1.165, 1.54) is 4.90 Å². The maximum Gasteiger partial charge on any atom is 0.266 e. The molecule has 2 saturated heterocycles. The van der Waals surface area contributed by atoms with Gasteiger partial charge in [0.1, 0.15) is 11.4 Å². The van der Waals surface area contributed by atoms with Crippen LogP contribution in [0.2, 0.25) is 0 Å². The van der Waals surface area contributed by atoms with E-state index in [9.17, 15) is 14.4 Å². The molecule has 3 aliphatic rings. The smallest absolute Gasteiger partial charge is 0.266 e. The minimum absolute atomic E-state index is 0.0637. The Kier molecular flexibility index (Phi) is 4.46. The van der Waals surface area contributed by atoms with Crippen LogP contribution in [0.5, 0.6) is 0 Å². The molecular weight excluding hydrogens is 464 g/mol. The topological polar surface area (TPSA) is 84.3 Å². The maximum absolute atomic E-state index is 14.4. The highest BCUT2D eigenvalue weighted by Crippen LogP contribution is 2.56. The average molecular weight is 491 g/mol. The first-order chi connectivity index (χ1) is 17.9. The van der Waals surface area contributed by atoms with Crippen LogP contribution in [0.4, 0.5) is 5.69 Å². The summed E-state index contributed by atoms with van der Waals surface area (Å²) in [7, 11) is 0. The van der Waals surface area contributed by atoms with Crippen LogP contribution in [0.25, 0.3) is 16.6 Å². The molecule has 7 heteroatoms. The zero-order chi connectivity index (χ0) is 25.6. The number of anilines is 1. The summed E-state index contributed by atoms with van der Waals surface area (Å²) in [5, 5.41) is 4.25. The third-order valence-corrected chi connectivity index (χ3v) is 8.37. The molecule has 7 nitrogen and oxygen atoms in total. The fourth-order valence-electron chi connectivity index (χ4n) is 6.78. The molecule has 1 spiro atoms. The van der Waals surface area contributed by atoms with Gasteiger partial charge in [0, 0.05) is 11.6 Å². The van der Waals surface area contributed by atoms with Gasteiger partial charge < -0.3 is 0 Å². The number of aromatic nitrogens is 2. The second-order valence-corrected chi connectivity index (χ2v) is 10.6. The monoisotopic (exact) mass is 490 g/mol. The van der Waals surface area contributed by atoms with E-state index in [1.807, 2.05) is 73.7 Å². The number of benzene rings is 3. The highest BCUT2D eigenvalue weighted by Gasteiger charge is 2.70. The number of carbonyl (C=O) groups is 2. The van der Waals surface area contributed by atoms with Gasteiger partial charge in [-0.3, -0.25) is 24.3 Å². The number of nitrogens with zero attached hydrogens (tertiary/aromatic N) is 3. The SMILES string of the molecule is Cc1ccccc1N1C(=O)[C@H]2[C@@H](C(C)C)N[C@@]3(c4ccccc4-n4c3nc3ccccc3c4=O)[C@H]2C1=O. The molecule has 37 heavy (non-hydrogen) atoms. The summed E-state index contributed by atoms with van der Waals surface area (Å²) >= 11 is 0. The molecule has 0 saturated carbocycles. The van der Waals surface area contributed by atoms with Crippen LogP contribution in [-0.4, -0.2) is 27.4 Å². The summed E-state index contributed by atoms with van der Waals surface area (Å²) in [5.41, 5.74) is 2.27. The molecule has 3 aliphatic heterocycles. The van der Waals surface area contributed by atoms with E-state index in [0.29, 0.717) is 28.1 Å². The molecule has 0 bridgehead atoms. The van der Waals surface area contributed by atoms with Crippen molar-refractivity contribution in [1.29, 1.82) is 0 Å². The quantitative estimate of drug-likeness (QED) is 0.434. The zero-order valence-electron chi connectivity index (χ0n) is 20.8. The van der Waals surface area contributed by atoms with Gasteiger partial charge in [0.2, 0.25) is 11.8 Å². The predicted octanol–water partition coefficient (Wildman–Crippen LogP) is 3.68. The predicted molar refractivity (Wildman–Crippen MR) is 141 cm³/mol. The van der Waals surface area contributed by atoms with Crippen LogP contribution < -0.4 is 15.8 Å². The van der Waals surface area contributed by atoms with Crippen molar-refractivity contribution in [3.05, 3.63) is 100 Å². The summed E-state index contributed by atoms with van der Waals surface area (Å²) in [6.45, 7) is 6.03. The van der Waals surface area contributed by atoms with Crippen molar-refractivity contribution in [2.45, 2.75) is 32.4 Å². The molecule has 0 radical (unpaired) electrons. The first kappa shape index (κ1) is 22.1. The second kappa shape index (κ2) is 7.46. The third-order valence-electron chi connectivity index (χ3n) is 8.37. The van der Waals surface area contributed by atoms with Crippen LogP contribution in [0.15, 0.2) is 77.6 Å². The Bertz CT molecular complexity index is 1710. The molecule has 4 atom stereocenters. The van der Waals surface area contributed by atoms with Gasteiger partial charge in [0.05, 0.1) is 34.1 Å². The van der Waals surface area contributed by atoms with Crippen LogP contribution in [0.3, 0.4) is 0 Å².